The molecule has 0 radical (unpaired) electrons. The zero-order chi connectivity index (χ0) is 17.0. The van der Waals surface area contributed by atoms with E-state index in [9.17, 15) is 15.0 Å². The van der Waals surface area contributed by atoms with E-state index in [-0.39, 0.29) is 23.9 Å². The minimum atomic E-state index is -1.36. The average Bonchev–Trinajstić information content (AvgIpc) is 3.12. The van der Waals surface area contributed by atoms with Gasteiger partial charge in [0.15, 0.2) is 11.9 Å². The Morgan fingerprint density at radius 2 is 2.22 bits per heavy atom. The van der Waals surface area contributed by atoms with Crippen molar-refractivity contribution in [1.82, 2.24) is 15.3 Å². The smallest absolute Gasteiger partial charge is 0.274 e. The van der Waals surface area contributed by atoms with Crippen LogP contribution in [0.15, 0.2) is 6.33 Å². The predicted octanol–water partition coefficient (Wildman–Crippen LogP) is -2.44. The topological polar surface area (TPSA) is 148 Å². The highest BCUT2D eigenvalue weighted by Gasteiger charge is 2.43. The lowest BCUT2D eigenvalue weighted by Crippen LogP contribution is -2.44. The number of nitrogens with one attached hydrogen (secondary N) is 2. The van der Waals surface area contributed by atoms with Crippen LogP contribution in [-0.4, -0.2) is 74.1 Å². The van der Waals surface area contributed by atoms with Crippen LogP contribution in [0.1, 0.15) is 23.1 Å². The van der Waals surface area contributed by atoms with Gasteiger partial charge in [-0.2, -0.15) is 0 Å². The van der Waals surface area contributed by atoms with Crippen molar-refractivity contribution in [2.24, 2.45) is 5.92 Å². The summed E-state index contributed by atoms with van der Waals surface area (Å²) in [6.07, 6.45) is -3.50. The molecule has 1 amide bonds. The lowest BCUT2D eigenvalue weighted by Gasteiger charge is -2.15. The Hall–Kier alpha value is -1.96. The van der Waals surface area contributed by atoms with Gasteiger partial charge in [0.2, 0.25) is 0 Å². The first-order valence-electron chi connectivity index (χ1n) is 7.07. The second kappa shape index (κ2) is 7.54. The second-order valence-electron chi connectivity index (χ2n) is 5.21. The van der Waals surface area contributed by atoms with E-state index in [0.29, 0.717) is 0 Å². The monoisotopic (exact) mass is 325 g/mol. The molecule has 5 atom stereocenters. The maximum absolute atomic E-state index is 12.2. The number of aromatic nitrogens is 2. The molecule has 1 unspecified atom stereocenters. The Morgan fingerprint density at radius 1 is 1.48 bits per heavy atom. The van der Waals surface area contributed by atoms with E-state index in [1.807, 2.05) is 0 Å². The fourth-order valence-corrected chi connectivity index (χ4v) is 2.02. The third-order valence-electron chi connectivity index (χ3n) is 3.39. The lowest BCUT2D eigenvalue weighted by molar-refractivity contribution is -0.0305. The molecule has 1 aliphatic heterocycles. The van der Waals surface area contributed by atoms with Crippen molar-refractivity contribution in [2.75, 3.05) is 13.2 Å². The molecule has 0 spiro atoms. The Kier molecular flexibility index (Phi) is 5.70. The lowest BCUT2D eigenvalue weighted by atomic mass is 10.1. The number of H-pyrrole nitrogens is 1. The molecule has 6 N–H and O–H groups in total. The summed E-state index contributed by atoms with van der Waals surface area (Å²) in [7, 11) is 0. The van der Waals surface area contributed by atoms with E-state index in [4.69, 9.17) is 14.9 Å². The molecular weight excluding hydrogens is 306 g/mol. The molecule has 1 fully saturated rings. The highest BCUT2D eigenvalue weighted by molar-refractivity contribution is 5.94. The average molecular weight is 325 g/mol. The van der Waals surface area contributed by atoms with Crippen LogP contribution in [-0.2, 0) is 4.74 Å². The summed E-state index contributed by atoms with van der Waals surface area (Å²) in [6.45, 7) is 1.14. The molecule has 1 aliphatic rings. The predicted molar refractivity (Wildman–Crippen MR) is 76.9 cm³/mol. The van der Waals surface area contributed by atoms with Crippen LogP contribution < -0.4 is 5.32 Å². The summed E-state index contributed by atoms with van der Waals surface area (Å²) in [5, 5.41) is 39.8. The number of imidazole rings is 1. The zero-order valence-electron chi connectivity index (χ0n) is 12.4. The van der Waals surface area contributed by atoms with Crippen molar-refractivity contribution >= 4 is 5.91 Å². The van der Waals surface area contributed by atoms with Crippen molar-refractivity contribution in [1.29, 1.82) is 0 Å². The Morgan fingerprint density at radius 3 is 2.83 bits per heavy atom. The first-order chi connectivity index (χ1) is 11.0. The number of carbonyl (C=O) groups is 1. The van der Waals surface area contributed by atoms with Gasteiger partial charge in [0, 0.05) is 5.92 Å². The first kappa shape index (κ1) is 17.4. The minimum Gasteiger partial charge on any atom is -0.395 e. The summed E-state index contributed by atoms with van der Waals surface area (Å²) < 4.78 is 5.17. The summed E-state index contributed by atoms with van der Waals surface area (Å²) in [4.78, 5) is 18.8. The molecule has 2 rings (SSSR count). The molecule has 23 heavy (non-hydrogen) atoms. The number of hydrogen-bond acceptors (Lipinski definition) is 7. The summed E-state index contributed by atoms with van der Waals surface area (Å²) in [6, 6.07) is 0. The van der Waals surface area contributed by atoms with Gasteiger partial charge in [0.05, 0.1) is 19.5 Å². The quantitative estimate of drug-likeness (QED) is 0.337. The Balaban J connectivity index is 2.07. The number of aliphatic hydroxyl groups excluding tert-OH is 4. The molecule has 9 nitrogen and oxygen atoms in total. The molecule has 1 saturated heterocycles. The first-order valence-corrected chi connectivity index (χ1v) is 7.07. The SMILES string of the molecule is CC(C#Cc1[nH]cnc1C(=O)N[C@@H]1O[C@H](CO)[C@@H](O)[C@H]1O)CO. The van der Waals surface area contributed by atoms with Crippen LogP contribution >= 0.6 is 0 Å². The number of ether oxygens (including phenoxy) is 1. The fraction of sp³-hybridized carbons (Fsp3) is 0.571. The molecule has 0 aliphatic carbocycles. The summed E-state index contributed by atoms with van der Waals surface area (Å²) in [5.41, 5.74) is 0.259. The van der Waals surface area contributed by atoms with Gasteiger partial charge in [0.1, 0.15) is 24.0 Å². The molecule has 1 aromatic heterocycles. The van der Waals surface area contributed by atoms with Crippen LogP contribution in [0.5, 0.6) is 0 Å². The molecule has 126 valence electrons. The van der Waals surface area contributed by atoms with Crippen LogP contribution in [0.4, 0.5) is 0 Å². The van der Waals surface area contributed by atoms with Gasteiger partial charge in [-0.1, -0.05) is 5.92 Å². The highest BCUT2D eigenvalue weighted by Crippen LogP contribution is 2.19. The fourth-order valence-electron chi connectivity index (χ4n) is 2.02. The van der Waals surface area contributed by atoms with Crippen LogP contribution in [0.3, 0.4) is 0 Å². The van der Waals surface area contributed by atoms with Gasteiger partial charge in [-0.3, -0.25) is 4.79 Å². The van der Waals surface area contributed by atoms with E-state index in [1.165, 1.54) is 6.33 Å². The van der Waals surface area contributed by atoms with Gasteiger partial charge >= 0.3 is 0 Å². The third kappa shape index (κ3) is 3.87. The van der Waals surface area contributed by atoms with E-state index in [0.717, 1.165) is 0 Å². The molecule has 0 saturated carbocycles. The number of aliphatic hydroxyl groups is 4. The summed E-state index contributed by atoms with van der Waals surface area (Å²) >= 11 is 0. The van der Waals surface area contributed by atoms with Gasteiger partial charge < -0.3 is 35.5 Å². The highest BCUT2D eigenvalue weighted by atomic mass is 16.6. The van der Waals surface area contributed by atoms with Crippen molar-refractivity contribution < 1.29 is 30.0 Å². The van der Waals surface area contributed by atoms with Crippen molar-refractivity contribution in [3.8, 4) is 11.8 Å². The van der Waals surface area contributed by atoms with Crippen LogP contribution in [0.2, 0.25) is 0 Å². The van der Waals surface area contributed by atoms with Gasteiger partial charge in [-0.15, -0.1) is 0 Å². The number of amides is 1. The molecule has 0 aromatic carbocycles. The zero-order valence-corrected chi connectivity index (χ0v) is 12.4. The number of carbonyl (C=O) groups excluding carboxylic acids is 1. The molecule has 9 heteroatoms. The van der Waals surface area contributed by atoms with Gasteiger partial charge in [0.25, 0.3) is 5.91 Å². The van der Waals surface area contributed by atoms with Crippen molar-refractivity contribution in [3.05, 3.63) is 17.7 Å². The van der Waals surface area contributed by atoms with Crippen molar-refractivity contribution in [2.45, 2.75) is 31.5 Å². The maximum atomic E-state index is 12.2. The molecule has 1 aromatic rings. The summed E-state index contributed by atoms with van der Waals surface area (Å²) in [5.74, 6) is 4.55. The standard InChI is InChI=1S/C14H19N3O6/c1-7(4-18)2-3-8-10(16-6-15-8)13(22)17-14-12(21)11(20)9(5-19)23-14/h6-7,9,11-12,14,18-21H,4-5H2,1H3,(H,15,16)(H,17,22)/t7?,9-,11-,12-,14-/m1/s1. The number of hydrogen-bond donors (Lipinski definition) is 6. The largest absolute Gasteiger partial charge is 0.395 e. The van der Waals surface area contributed by atoms with Crippen LogP contribution in [0.25, 0.3) is 0 Å². The van der Waals surface area contributed by atoms with Gasteiger partial charge in [-0.05, 0) is 12.8 Å². The Bertz CT molecular complexity index is 607. The van der Waals surface area contributed by atoms with Gasteiger partial charge in [-0.25, -0.2) is 4.98 Å². The third-order valence-corrected chi connectivity index (χ3v) is 3.39. The molecule has 2 heterocycles. The van der Waals surface area contributed by atoms with Crippen LogP contribution in [0, 0.1) is 17.8 Å². The van der Waals surface area contributed by atoms with Crippen molar-refractivity contribution in [3.63, 3.8) is 0 Å². The number of nitrogens with zero attached hydrogens (tertiary/aromatic N) is 1. The second-order valence-corrected chi connectivity index (χ2v) is 5.21. The number of rotatable bonds is 4. The molecule has 0 bridgehead atoms. The Labute approximate surface area is 132 Å². The van der Waals surface area contributed by atoms with E-state index in [1.54, 1.807) is 6.92 Å². The van der Waals surface area contributed by atoms with E-state index >= 15 is 0 Å². The minimum absolute atomic E-state index is 0.000350. The molecular formula is C14H19N3O6. The number of aromatic amines is 1. The maximum Gasteiger partial charge on any atom is 0.274 e. The van der Waals surface area contributed by atoms with E-state index < -0.39 is 37.1 Å². The normalized spacial score (nSPS) is 28.0. The van der Waals surface area contributed by atoms with E-state index in [2.05, 4.69) is 27.1 Å².